The number of nitrogens with zero attached hydrogens (tertiary/aromatic N) is 3. The lowest BCUT2D eigenvalue weighted by Crippen LogP contribution is -2.26. The molecule has 0 unspecified atom stereocenters. The van der Waals surface area contributed by atoms with Gasteiger partial charge < -0.3 is 14.1 Å². The minimum Gasteiger partial charge on any atom is -0.394 e. The quantitative estimate of drug-likeness (QED) is 0.833. The van der Waals surface area contributed by atoms with Gasteiger partial charge in [-0.05, 0) is 19.3 Å². The van der Waals surface area contributed by atoms with Gasteiger partial charge in [0.05, 0.1) is 11.9 Å². The maximum Gasteiger partial charge on any atom is 0.337 e. The van der Waals surface area contributed by atoms with E-state index >= 15 is 0 Å². The van der Waals surface area contributed by atoms with E-state index in [4.69, 9.17) is 9.15 Å². The Bertz CT molecular complexity index is 558. The summed E-state index contributed by atoms with van der Waals surface area (Å²) in [5.74, 6) is 0. The molecule has 118 valence electrons. The Morgan fingerprint density at radius 2 is 1.81 bits per heavy atom. The number of sulfone groups is 1. The van der Waals surface area contributed by atoms with E-state index in [9.17, 15) is 8.42 Å². The zero-order valence-corrected chi connectivity index (χ0v) is 12.8. The van der Waals surface area contributed by atoms with E-state index in [-0.39, 0.29) is 16.5 Å². The lowest BCUT2D eigenvalue weighted by molar-refractivity contribution is 0.152. The predicted molar refractivity (Wildman–Crippen MR) is 76.0 cm³/mol. The summed E-state index contributed by atoms with van der Waals surface area (Å²) in [6, 6.07) is 0.287. The molecule has 0 atom stereocenters. The van der Waals surface area contributed by atoms with E-state index < -0.39 is 9.84 Å². The van der Waals surface area contributed by atoms with Crippen molar-refractivity contribution < 1.29 is 17.6 Å². The van der Waals surface area contributed by atoms with Crippen molar-refractivity contribution >= 4 is 15.9 Å². The summed E-state index contributed by atoms with van der Waals surface area (Å²) in [5.41, 5.74) is 0. The minimum absolute atomic E-state index is 0.227. The molecule has 3 rings (SSSR count). The van der Waals surface area contributed by atoms with Crippen LogP contribution in [0.15, 0.2) is 9.64 Å². The molecule has 2 heterocycles. The molecule has 8 heteroatoms. The van der Waals surface area contributed by atoms with Crippen LogP contribution >= 0.6 is 0 Å². The van der Waals surface area contributed by atoms with Crippen LogP contribution in [0.25, 0.3) is 0 Å². The highest BCUT2D eigenvalue weighted by atomic mass is 32.2. The molecule has 1 saturated carbocycles. The van der Waals surface area contributed by atoms with Crippen LogP contribution < -0.4 is 4.90 Å². The van der Waals surface area contributed by atoms with Crippen LogP contribution in [0.1, 0.15) is 38.5 Å². The molecule has 1 aromatic heterocycles. The summed E-state index contributed by atoms with van der Waals surface area (Å²) in [6.07, 6.45) is 5.26. The van der Waals surface area contributed by atoms with E-state index in [1.165, 1.54) is 0 Å². The molecule has 0 amide bonds. The van der Waals surface area contributed by atoms with Gasteiger partial charge in [-0.15, -0.1) is 0 Å². The van der Waals surface area contributed by atoms with Crippen molar-refractivity contribution in [3.8, 4) is 0 Å². The molecule has 2 aliphatic rings. The summed E-state index contributed by atoms with van der Waals surface area (Å²) in [7, 11) is -3.49. The predicted octanol–water partition coefficient (Wildman–Crippen LogP) is 1.40. The molecule has 0 aromatic carbocycles. The van der Waals surface area contributed by atoms with Crippen molar-refractivity contribution in [1.82, 2.24) is 10.2 Å². The first-order valence-electron chi connectivity index (χ1n) is 7.58. The third kappa shape index (κ3) is 3.21. The Hall–Kier alpha value is -1.15. The van der Waals surface area contributed by atoms with Gasteiger partial charge in [-0.2, -0.15) is 0 Å². The molecule has 1 aliphatic heterocycles. The monoisotopic (exact) mass is 315 g/mol. The molecule has 2 fully saturated rings. The first-order chi connectivity index (χ1) is 10.2. The second-order valence-electron chi connectivity index (χ2n) is 5.61. The lowest BCUT2D eigenvalue weighted by Gasteiger charge is -2.19. The Labute approximate surface area is 124 Å². The van der Waals surface area contributed by atoms with Crippen LogP contribution in [0, 0.1) is 0 Å². The van der Waals surface area contributed by atoms with Crippen molar-refractivity contribution in [2.24, 2.45) is 0 Å². The van der Waals surface area contributed by atoms with Crippen LogP contribution in [0.3, 0.4) is 0 Å². The third-order valence-corrected chi connectivity index (χ3v) is 6.12. The minimum atomic E-state index is -3.49. The molecular weight excluding hydrogens is 294 g/mol. The highest BCUT2D eigenvalue weighted by molar-refractivity contribution is 7.91. The van der Waals surface area contributed by atoms with Gasteiger partial charge in [-0.25, -0.2) is 8.42 Å². The molecule has 0 radical (unpaired) electrons. The second kappa shape index (κ2) is 6.31. The van der Waals surface area contributed by atoms with Gasteiger partial charge in [0.2, 0.25) is 9.84 Å². The van der Waals surface area contributed by atoms with Crippen LogP contribution in [0.4, 0.5) is 6.01 Å². The second-order valence-corrected chi connectivity index (χ2v) is 7.71. The number of hydrogen-bond donors (Lipinski definition) is 0. The number of aromatic nitrogens is 2. The third-order valence-electron chi connectivity index (χ3n) is 4.12. The van der Waals surface area contributed by atoms with Gasteiger partial charge in [0.25, 0.3) is 0 Å². The molecule has 0 bridgehead atoms. The first-order valence-corrected chi connectivity index (χ1v) is 9.12. The molecule has 0 spiro atoms. The first kappa shape index (κ1) is 14.8. The standard InChI is InChI=1S/C13H21N3O4S/c17-21(18,11-5-2-1-3-6-11)13-15-14-12(20-13)16-7-4-9-19-10-8-16/h11H,1-10H2. The van der Waals surface area contributed by atoms with Crippen molar-refractivity contribution in [2.75, 3.05) is 31.2 Å². The molecule has 1 aromatic rings. The Kier molecular flexibility index (Phi) is 4.44. The molecule has 1 aliphatic carbocycles. The highest BCUT2D eigenvalue weighted by Gasteiger charge is 2.34. The fraction of sp³-hybridized carbons (Fsp3) is 0.846. The summed E-state index contributed by atoms with van der Waals surface area (Å²) in [4.78, 5) is 1.89. The zero-order chi connectivity index (χ0) is 14.7. The summed E-state index contributed by atoms with van der Waals surface area (Å²) < 4.78 is 35.8. The number of rotatable bonds is 3. The summed E-state index contributed by atoms with van der Waals surface area (Å²) in [6.45, 7) is 2.68. The largest absolute Gasteiger partial charge is 0.394 e. The van der Waals surface area contributed by atoms with E-state index in [0.29, 0.717) is 32.6 Å². The van der Waals surface area contributed by atoms with E-state index in [1.807, 2.05) is 4.90 Å². The SMILES string of the molecule is O=S(=O)(c1nnc(N2CCCOCC2)o1)C1CCCCC1. The highest BCUT2D eigenvalue weighted by Crippen LogP contribution is 2.29. The van der Waals surface area contributed by atoms with E-state index in [2.05, 4.69) is 10.2 Å². The number of anilines is 1. The van der Waals surface area contributed by atoms with Gasteiger partial charge in [-0.3, -0.25) is 0 Å². The van der Waals surface area contributed by atoms with Crippen LogP contribution in [-0.2, 0) is 14.6 Å². The normalized spacial score (nSPS) is 22.2. The summed E-state index contributed by atoms with van der Waals surface area (Å²) in [5, 5.41) is 7.10. The average molecular weight is 315 g/mol. The number of ether oxygens (including phenoxy) is 1. The lowest BCUT2D eigenvalue weighted by atomic mass is 10.0. The van der Waals surface area contributed by atoms with Gasteiger partial charge in [0, 0.05) is 19.7 Å². The van der Waals surface area contributed by atoms with Gasteiger partial charge in [-0.1, -0.05) is 29.5 Å². The van der Waals surface area contributed by atoms with Crippen molar-refractivity contribution in [3.63, 3.8) is 0 Å². The maximum absolute atomic E-state index is 12.5. The zero-order valence-electron chi connectivity index (χ0n) is 12.0. The van der Waals surface area contributed by atoms with Gasteiger partial charge >= 0.3 is 11.2 Å². The Balaban J connectivity index is 1.77. The van der Waals surface area contributed by atoms with E-state index in [0.717, 1.165) is 32.2 Å². The summed E-state index contributed by atoms with van der Waals surface area (Å²) >= 11 is 0. The smallest absolute Gasteiger partial charge is 0.337 e. The Morgan fingerprint density at radius 3 is 2.62 bits per heavy atom. The maximum atomic E-state index is 12.5. The van der Waals surface area contributed by atoms with Crippen molar-refractivity contribution in [2.45, 2.75) is 49.0 Å². The van der Waals surface area contributed by atoms with E-state index in [1.54, 1.807) is 0 Å². The topological polar surface area (TPSA) is 85.5 Å². The Morgan fingerprint density at radius 1 is 1.00 bits per heavy atom. The molecule has 7 nitrogen and oxygen atoms in total. The molecule has 0 N–H and O–H groups in total. The molecule has 1 saturated heterocycles. The fourth-order valence-electron chi connectivity index (χ4n) is 2.90. The fourth-order valence-corrected chi connectivity index (χ4v) is 4.49. The van der Waals surface area contributed by atoms with Gasteiger partial charge in [0.15, 0.2) is 0 Å². The molecular formula is C13H21N3O4S. The van der Waals surface area contributed by atoms with Crippen molar-refractivity contribution in [1.29, 1.82) is 0 Å². The number of hydrogen-bond acceptors (Lipinski definition) is 7. The average Bonchev–Trinajstić information content (AvgIpc) is 2.85. The van der Waals surface area contributed by atoms with Crippen LogP contribution in [0.2, 0.25) is 0 Å². The van der Waals surface area contributed by atoms with Crippen molar-refractivity contribution in [3.05, 3.63) is 0 Å². The van der Waals surface area contributed by atoms with Crippen LogP contribution in [-0.4, -0.2) is 50.2 Å². The molecule has 21 heavy (non-hydrogen) atoms. The van der Waals surface area contributed by atoms with Crippen LogP contribution in [0.5, 0.6) is 0 Å². The van der Waals surface area contributed by atoms with Gasteiger partial charge in [0.1, 0.15) is 0 Å².